The van der Waals surface area contributed by atoms with Crippen LogP contribution >= 0.6 is 11.6 Å². The van der Waals surface area contributed by atoms with E-state index in [9.17, 15) is 9.59 Å². The molecular weight excluding hydrogens is 340 g/mol. The molecule has 0 atom stereocenters. The van der Waals surface area contributed by atoms with Crippen molar-refractivity contribution in [2.45, 2.75) is 25.9 Å². The maximum absolute atomic E-state index is 12.7. The molecule has 1 aliphatic heterocycles. The first-order valence-electron chi connectivity index (χ1n) is 8.50. The molecular formula is C18H19ClN4O2. The number of carbonyl (C=O) groups excluding carboxylic acids is 2. The first kappa shape index (κ1) is 16.1. The number of hydrogen-bond donors (Lipinski definition) is 1. The van der Waals surface area contributed by atoms with E-state index in [0.29, 0.717) is 48.5 Å². The monoisotopic (exact) mass is 358 g/mol. The van der Waals surface area contributed by atoms with E-state index >= 15 is 0 Å². The van der Waals surface area contributed by atoms with Crippen LogP contribution in [0.5, 0.6) is 0 Å². The van der Waals surface area contributed by atoms with Gasteiger partial charge in [-0.2, -0.15) is 5.10 Å². The van der Waals surface area contributed by atoms with Crippen molar-refractivity contribution in [3.63, 3.8) is 0 Å². The number of carbonyl (C=O) groups is 2. The van der Waals surface area contributed by atoms with Gasteiger partial charge < -0.3 is 10.2 Å². The molecule has 2 aromatic rings. The molecule has 0 spiro atoms. The Morgan fingerprint density at radius 3 is 2.72 bits per heavy atom. The Bertz CT molecular complexity index is 811. The number of aromatic nitrogens is 2. The summed E-state index contributed by atoms with van der Waals surface area (Å²) in [5.74, 6) is 0.304. The molecule has 4 rings (SSSR count). The fraction of sp³-hybridized carbons (Fsp3) is 0.389. The van der Waals surface area contributed by atoms with Gasteiger partial charge in [-0.15, -0.1) is 0 Å². The number of nitrogens with zero attached hydrogens (tertiary/aromatic N) is 3. The molecule has 1 fully saturated rings. The zero-order chi connectivity index (χ0) is 17.4. The summed E-state index contributed by atoms with van der Waals surface area (Å²) in [5, 5.41) is 7.86. The lowest BCUT2D eigenvalue weighted by molar-refractivity contribution is 0.0683. The standard InChI is InChI=1S/C18H19ClN4O2/c19-14-5-3-13(4-6-14)11-22-7-8-23-16(18(22)25)9-15(21-23)17(24)20-10-12-1-2-12/h3-6,9,12H,1-2,7-8,10-11H2,(H,20,24). The van der Waals surface area contributed by atoms with Crippen molar-refractivity contribution in [1.82, 2.24) is 20.0 Å². The van der Waals surface area contributed by atoms with Crippen LogP contribution < -0.4 is 5.32 Å². The van der Waals surface area contributed by atoms with E-state index in [1.165, 1.54) is 12.8 Å². The molecule has 1 saturated carbocycles. The lowest BCUT2D eigenvalue weighted by Crippen LogP contribution is -2.39. The van der Waals surface area contributed by atoms with Crippen LogP contribution in [0.4, 0.5) is 0 Å². The van der Waals surface area contributed by atoms with Crippen LogP contribution in [-0.2, 0) is 13.1 Å². The third-order valence-corrected chi connectivity index (χ3v) is 4.89. The Balaban J connectivity index is 1.46. The van der Waals surface area contributed by atoms with Crippen molar-refractivity contribution in [2.24, 2.45) is 5.92 Å². The molecule has 2 aliphatic rings. The molecule has 6 nitrogen and oxygen atoms in total. The van der Waals surface area contributed by atoms with E-state index in [4.69, 9.17) is 11.6 Å². The van der Waals surface area contributed by atoms with Gasteiger partial charge in [0.05, 0.1) is 6.54 Å². The molecule has 0 unspecified atom stereocenters. The maximum atomic E-state index is 12.7. The van der Waals surface area contributed by atoms with Gasteiger partial charge in [-0.05, 0) is 36.5 Å². The van der Waals surface area contributed by atoms with Crippen molar-refractivity contribution >= 4 is 23.4 Å². The van der Waals surface area contributed by atoms with Crippen molar-refractivity contribution in [1.29, 1.82) is 0 Å². The van der Waals surface area contributed by atoms with Crippen LogP contribution in [-0.4, -0.2) is 39.6 Å². The molecule has 130 valence electrons. The SMILES string of the molecule is O=C(NCC1CC1)c1cc2n(n1)CCN(Cc1ccc(Cl)cc1)C2=O. The molecule has 2 heterocycles. The molecule has 1 aliphatic carbocycles. The summed E-state index contributed by atoms with van der Waals surface area (Å²) in [6.45, 7) is 2.37. The predicted molar refractivity (Wildman–Crippen MR) is 93.5 cm³/mol. The first-order chi connectivity index (χ1) is 12.1. The Labute approximate surface area is 150 Å². The minimum Gasteiger partial charge on any atom is -0.350 e. The van der Waals surface area contributed by atoms with E-state index in [-0.39, 0.29) is 11.8 Å². The number of benzene rings is 1. The van der Waals surface area contributed by atoms with Crippen molar-refractivity contribution < 1.29 is 9.59 Å². The maximum Gasteiger partial charge on any atom is 0.272 e. The fourth-order valence-electron chi connectivity index (χ4n) is 2.96. The Morgan fingerprint density at radius 1 is 1.24 bits per heavy atom. The molecule has 25 heavy (non-hydrogen) atoms. The second-order valence-electron chi connectivity index (χ2n) is 6.64. The second-order valence-corrected chi connectivity index (χ2v) is 7.08. The minimum atomic E-state index is -0.203. The smallest absolute Gasteiger partial charge is 0.272 e. The molecule has 0 bridgehead atoms. The summed E-state index contributed by atoms with van der Waals surface area (Å²) in [4.78, 5) is 26.7. The molecule has 1 aromatic heterocycles. The summed E-state index contributed by atoms with van der Waals surface area (Å²) in [5.41, 5.74) is 1.81. The highest BCUT2D eigenvalue weighted by Gasteiger charge is 2.28. The van der Waals surface area contributed by atoms with Crippen LogP contribution in [0.1, 0.15) is 39.4 Å². The number of halogens is 1. The topological polar surface area (TPSA) is 67.2 Å². The zero-order valence-corrected chi connectivity index (χ0v) is 14.5. The minimum absolute atomic E-state index is 0.102. The second kappa shape index (κ2) is 6.52. The first-order valence-corrected chi connectivity index (χ1v) is 8.88. The van der Waals surface area contributed by atoms with Gasteiger partial charge in [0.15, 0.2) is 5.69 Å². The molecule has 1 aromatic carbocycles. The number of hydrogen-bond acceptors (Lipinski definition) is 3. The van der Waals surface area contributed by atoms with Gasteiger partial charge >= 0.3 is 0 Å². The number of rotatable bonds is 5. The van der Waals surface area contributed by atoms with Crippen molar-refractivity contribution in [2.75, 3.05) is 13.1 Å². The van der Waals surface area contributed by atoms with Crippen LogP contribution in [0.15, 0.2) is 30.3 Å². The Kier molecular flexibility index (Phi) is 4.21. The Morgan fingerprint density at radius 2 is 2.00 bits per heavy atom. The van der Waals surface area contributed by atoms with Crippen molar-refractivity contribution in [3.8, 4) is 0 Å². The van der Waals surface area contributed by atoms with Crippen molar-refractivity contribution in [3.05, 3.63) is 52.3 Å². The van der Waals surface area contributed by atoms with Gasteiger partial charge in [0.25, 0.3) is 11.8 Å². The summed E-state index contributed by atoms with van der Waals surface area (Å²) >= 11 is 5.90. The molecule has 0 saturated heterocycles. The van der Waals surface area contributed by atoms with E-state index in [0.717, 1.165) is 5.56 Å². The van der Waals surface area contributed by atoms with Crippen LogP contribution in [0.25, 0.3) is 0 Å². The average Bonchev–Trinajstić information content (AvgIpc) is 3.34. The normalized spacial score (nSPS) is 16.7. The lowest BCUT2D eigenvalue weighted by Gasteiger charge is -2.27. The largest absolute Gasteiger partial charge is 0.350 e. The molecule has 7 heteroatoms. The van der Waals surface area contributed by atoms with E-state index in [1.54, 1.807) is 15.6 Å². The highest BCUT2D eigenvalue weighted by molar-refractivity contribution is 6.30. The van der Waals surface area contributed by atoms with Gasteiger partial charge in [0.2, 0.25) is 0 Å². The summed E-state index contributed by atoms with van der Waals surface area (Å²) in [6.07, 6.45) is 2.36. The van der Waals surface area contributed by atoms with E-state index < -0.39 is 0 Å². The lowest BCUT2D eigenvalue weighted by atomic mass is 10.2. The van der Waals surface area contributed by atoms with Crippen LogP contribution in [0.3, 0.4) is 0 Å². The molecule has 0 radical (unpaired) electrons. The molecule has 2 amide bonds. The number of nitrogens with one attached hydrogen (secondary N) is 1. The zero-order valence-electron chi connectivity index (χ0n) is 13.7. The van der Waals surface area contributed by atoms with Gasteiger partial charge in [-0.3, -0.25) is 14.3 Å². The number of amides is 2. The quantitative estimate of drug-likeness (QED) is 0.892. The highest BCUT2D eigenvalue weighted by Crippen LogP contribution is 2.27. The van der Waals surface area contributed by atoms with Gasteiger partial charge in [-0.1, -0.05) is 23.7 Å². The summed E-state index contributed by atoms with van der Waals surface area (Å²) < 4.78 is 1.63. The predicted octanol–water partition coefficient (Wildman–Crippen LogP) is 2.33. The molecule has 1 N–H and O–H groups in total. The Hall–Kier alpha value is -2.34. The number of fused-ring (bicyclic) bond motifs is 1. The highest BCUT2D eigenvalue weighted by atomic mass is 35.5. The van der Waals surface area contributed by atoms with Gasteiger partial charge in [0, 0.05) is 30.7 Å². The van der Waals surface area contributed by atoms with Crippen LogP contribution in [0, 0.1) is 5.92 Å². The van der Waals surface area contributed by atoms with Gasteiger partial charge in [0.1, 0.15) is 5.69 Å². The third-order valence-electron chi connectivity index (χ3n) is 4.64. The van der Waals surface area contributed by atoms with E-state index in [2.05, 4.69) is 10.4 Å². The third kappa shape index (κ3) is 3.54. The fourth-order valence-corrected chi connectivity index (χ4v) is 3.09. The van der Waals surface area contributed by atoms with E-state index in [1.807, 2.05) is 24.3 Å². The summed E-state index contributed by atoms with van der Waals surface area (Å²) in [6, 6.07) is 9.06. The van der Waals surface area contributed by atoms with Gasteiger partial charge in [-0.25, -0.2) is 0 Å². The van der Waals surface area contributed by atoms with Crippen LogP contribution in [0.2, 0.25) is 5.02 Å². The average molecular weight is 359 g/mol. The summed E-state index contributed by atoms with van der Waals surface area (Å²) in [7, 11) is 0.